The normalized spacial score (nSPS) is 10.7. The standard InChI is InChI=1S/C14H18N2S/c1-3-13-4-5-14(17-13)10-16-9-12-6-7-15-8-11(12)2/h4-8,16H,3,9-10H2,1-2H3. The van der Waals surface area contributed by atoms with E-state index in [9.17, 15) is 0 Å². The lowest BCUT2D eigenvalue weighted by Crippen LogP contribution is -2.12. The van der Waals surface area contributed by atoms with Crippen molar-refractivity contribution < 1.29 is 0 Å². The van der Waals surface area contributed by atoms with Crippen molar-refractivity contribution in [3.63, 3.8) is 0 Å². The van der Waals surface area contributed by atoms with Crippen molar-refractivity contribution >= 4 is 11.3 Å². The van der Waals surface area contributed by atoms with Crippen molar-refractivity contribution in [2.45, 2.75) is 33.4 Å². The van der Waals surface area contributed by atoms with Crippen molar-refractivity contribution in [1.82, 2.24) is 10.3 Å². The molecule has 0 aromatic carbocycles. The van der Waals surface area contributed by atoms with Crippen molar-refractivity contribution in [3.8, 4) is 0 Å². The van der Waals surface area contributed by atoms with E-state index in [0.29, 0.717) is 0 Å². The first-order chi connectivity index (χ1) is 8.29. The first-order valence-corrected chi connectivity index (χ1v) is 6.79. The lowest BCUT2D eigenvalue weighted by Gasteiger charge is -2.05. The molecule has 2 aromatic heterocycles. The van der Waals surface area contributed by atoms with Crippen LogP contribution >= 0.6 is 11.3 Å². The Kier molecular flexibility index (Phi) is 4.29. The van der Waals surface area contributed by atoms with Crippen molar-refractivity contribution in [2.75, 3.05) is 0 Å². The predicted molar refractivity (Wildman–Crippen MR) is 73.2 cm³/mol. The van der Waals surface area contributed by atoms with Crippen LogP contribution in [0.15, 0.2) is 30.6 Å². The number of hydrogen-bond donors (Lipinski definition) is 1. The number of pyridine rings is 1. The van der Waals surface area contributed by atoms with Crippen LogP contribution in [0.3, 0.4) is 0 Å². The van der Waals surface area contributed by atoms with Gasteiger partial charge in [0, 0.05) is 35.2 Å². The summed E-state index contributed by atoms with van der Waals surface area (Å²) in [5, 5.41) is 3.48. The number of aromatic nitrogens is 1. The molecule has 0 aliphatic heterocycles. The van der Waals surface area contributed by atoms with E-state index in [-0.39, 0.29) is 0 Å². The highest BCUT2D eigenvalue weighted by molar-refractivity contribution is 7.11. The maximum Gasteiger partial charge on any atom is 0.0303 e. The molecular weight excluding hydrogens is 228 g/mol. The van der Waals surface area contributed by atoms with E-state index in [1.807, 2.05) is 23.7 Å². The fraction of sp³-hybridized carbons (Fsp3) is 0.357. The lowest BCUT2D eigenvalue weighted by molar-refractivity contribution is 0.697. The number of nitrogens with one attached hydrogen (secondary N) is 1. The summed E-state index contributed by atoms with van der Waals surface area (Å²) < 4.78 is 0. The minimum atomic E-state index is 0.910. The average molecular weight is 246 g/mol. The first kappa shape index (κ1) is 12.3. The van der Waals surface area contributed by atoms with E-state index in [4.69, 9.17) is 0 Å². The van der Waals surface area contributed by atoms with Crippen molar-refractivity contribution in [3.05, 3.63) is 51.5 Å². The number of thiophene rings is 1. The summed E-state index contributed by atoms with van der Waals surface area (Å²) in [7, 11) is 0. The van der Waals surface area contributed by atoms with Gasteiger partial charge in [-0.1, -0.05) is 6.92 Å². The largest absolute Gasteiger partial charge is 0.308 e. The van der Waals surface area contributed by atoms with E-state index in [2.05, 4.69) is 42.3 Å². The Morgan fingerprint density at radius 3 is 2.71 bits per heavy atom. The SMILES string of the molecule is CCc1ccc(CNCc2ccncc2C)s1. The fourth-order valence-electron chi connectivity index (χ4n) is 1.73. The molecule has 0 bridgehead atoms. The van der Waals surface area contributed by atoms with Crippen LogP contribution in [-0.2, 0) is 19.5 Å². The minimum Gasteiger partial charge on any atom is -0.308 e. The minimum absolute atomic E-state index is 0.910. The molecule has 0 amide bonds. The quantitative estimate of drug-likeness (QED) is 0.875. The molecule has 0 spiro atoms. The Morgan fingerprint density at radius 1 is 1.18 bits per heavy atom. The molecule has 0 atom stereocenters. The maximum absolute atomic E-state index is 4.10. The zero-order valence-electron chi connectivity index (χ0n) is 10.4. The summed E-state index contributed by atoms with van der Waals surface area (Å²) in [5.74, 6) is 0. The third-order valence-corrected chi connectivity index (χ3v) is 4.05. The third-order valence-electron chi connectivity index (χ3n) is 2.82. The van der Waals surface area contributed by atoms with Crippen LogP contribution in [0.2, 0.25) is 0 Å². The van der Waals surface area contributed by atoms with Crippen LogP contribution in [0.1, 0.15) is 27.8 Å². The molecule has 1 N–H and O–H groups in total. The molecule has 2 heterocycles. The van der Waals surface area contributed by atoms with Gasteiger partial charge in [-0.3, -0.25) is 4.98 Å². The third kappa shape index (κ3) is 3.38. The zero-order chi connectivity index (χ0) is 12.1. The number of rotatable bonds is 5. The number of hydrogen-bond acceptors (Lipinski definition) is 3. The summed E-state index contributed by atoms with van der Waals surface area (Å²) in [5.41, 5.74) is 2.58. The molecule has 0 aliphatic carbocycles. The van der Waals surface area contributed by atoms with Crippen molar-refractivity contribution in [1.29, 1.82) is 0 Å². The highest BCUT2D eigenvalue weighted by Gasteiger charge is 2.00. The fourth-order valence-corrected chi connectivity index (χ4v) is 2.66. The van der Waals surface area contributed by atoms with Crippen LogP contribution < -0.4 is 5.32 Å². The molecule has 0 radical (unpaired) electrons. The Labute approximate surface area is 107 Å². The van der Waals surface area contributed by atoms with Gasteiger partial charge in [0.25, 0.3) is 0 Å². The molecule has 0 fully saturated rings. The van der Waals surface area contributed by atoms with Crippen LogP contribution in [0, 0.1) is 6.92 Å². The Bertz CT molecular complexity index is 477. The first-order valence-electron chi connectivity index (χ1n) is 5.97. The molecule has 90 valence electrons. The van der Waals surface area contributed by atoms with Gasteiger partial charge in [-0.25, -0.2) is 0 Å². The van der Waals surface area contributed by atoms with Crippen LogP contribution in [0.25, 0.3) is 0 Å². The van der Waals surface area contributed by atoms with E-state index in [1.54, 1.807) is 0 Å². The topological polar surface area (TPSA) is 24.9 Å². The monoisotopic (exact) mass is 246 g/mol. The number of aryl methyl sites for hydroxylation is 2. The van der Waals surface area contributed by atoms with Gasteiger partial charge in [0.2, 0.25) is 0 Å². The van der Waals surface area contributed by atoms with Gasteiger partial charge in [0.1, 0.15) is 0 Å². The zero-order valence-corrected chi connectivity index (χ0v) is 11.2. The Balaban J connectivity index is 1.85. The van der Waals surface area contributed by atoms with Gasteiger partial charge in [-0.15, -0.1) is 11.3 Å². The Hall–Kier alpha value is -1.19. The van der Waals surface area contributed by atoms with E-state index in [1.165, 1.54) is 20.9 Å². The molecule has 2 nitrogen and oxygen atoms in total. The molecule has 17 heavy (non-hydrogen) atoms. The summed E-state index contributed by atoms with van der Waals surface area (Å²) in [6.45, 7) is 6.16. The molecule has 3 heteroatoms. The van der Waals surface area contributed by atoms with Gasteiger partial charge >= 0.3 is 0 Å². The highest BCUT2D eigenvalue weighted by Crippen LogP contribution is 2.16. The van der Waals surface area contributed by atoms with Crippen LogP contribution in [-0.4, -0.2) is 4.98 Å². The summed E-state index contributed by atoms with van der Waals surface area (Å²) in [6, 6.07) is 6.52. The van der Waals surface area contributed by atoms with E-state index < -0.39 is 0 Å². The van der Waals surface area contributed by atoms with Gasteiger partial charge in [0.15, 0.2) is 0 Å². The van der Waals surface area contributed by atoms with Crippen molar-refractivity contribution in [2.24, 2.45) is 0 Å². The lowest BCUT2D eigenvalue weighted by atomic mass is 10.1. The second-order valence-electron chi connectivity index (χ2n) is 4.13. The molecule has 2 rings (SSSR count). The van der Waals surface area contributed by atoms with Gasteiger partial charge in [0.05, 0.1) is 0 Å². The van der Waals surface area contributed by atoms with Crippen LogP contribution in [0.5, 0.6) is 0 Å². The smallest absolute Gasteiger partial charge is 0.0303 e. The summed E-state index contributed by atoms with van der Waals surface area (Å²) in [6.07, 6.45) is 4.90. The molecular formula is C14H18N2S. The molecule has 0 unspecified atom stereocenters. The van der Waals surface area contributed by atoms with E-state index >= 15 is 0 Å². The second-order valence-corrected chi connectivity index (χ2v) is 5.38. The predicted octanol–water partition coefficient (Wildman–Crippen LogP) is 3.30. The van der Waals surface area contributed by atoms with Gasteiger partial charge in [-0.05, 0) is 42.7 Å². The summed E-state index contributed by atoms with van der Waals surface area (Å²) >= 11 is 1.90. The second kappa shape index (κ2) is 5.94. The molecule has 0 aliphatic rings. The van der Waals surface area contributed by atoms with E-state index in [0.717, 1.165) is 19.5 Å². The summed E-state index contributed by atoms with van der Waals surface area (Å²) in [4.78, 5) is 6.97. The average Bonchev–Trinajstić information content (AvgIpc) is 2.80. The Morgan fingerprint density at radius 2 is 2.00 bits per heavy atom. The maximum atomic E-state index is 4.10. The van der Waals surface area contributed by atoms with Crippen LogP contribution in [0.4, 0.5) is 0 Å². The molecule has 0 saturated carbocycles. The molecule has 2 aromatic rings. The van der Waals surface area contributed by atoms with Gasteiger partial charge < -0.3 is 5.32 Å². The number of nitrogens with zero attached hydrogens (tertiary/aromatic N) is 1. The highest BCUT2D eigenvalue weighted by atomic mass is 32.1. The van der Waals surface area contributed by atoms with Gasteiger partial charge in [-0.2, -0.15) is 0 Å². The molecule has 0 saturated heterocycles.